The summed E-state index contributed by atoms with van der Waals surface area (Å²) >= 11 is 0. The minimum absolute atomic E-state index is 0.0411. The van der Waals surface area contributed by atoms with Crippen molar-refractivity contribution in [1.29, 1.82) is 0 Å². The van der Waals surface area contributed by atoms with Crippen molar-refractivity contribution in [2.24, 2.45) is 5.41 Å². The van der Waals surface area contributed by atoms with Crippen molar-refractivity contribution in [2.75, 3.05) is 13.2 Å². The lowest BCUT2D eigenvalue weighted by Gasteiger charge is -2.32. The number of terminal acetylenes is 1. The lowest BCUT2D eigenvalue weighted by molar-refractivity contribution is -0.201. The second-order valence-electron chi connectivity index (χ2n) is 6.97. The number of hydrogen-bond donors (Lipinski definition) is 0. The normalized spacial score (nSPS) is 27.3. The van der Waals surface area contributed by atoms with E-state index in [1.165, 1.54) is 19.9 Å². The Bertz CT molecular complexity index is 737. The molecule has 9 heteroatoms. The minimum Gasteiger partial charge on any atom is -0.463 e. The zero-order valence-electron chi connectivity index (χ0n) is 17.9. The topological polar surface area (TPSA) is 114 Å². The van der Waals surface area contributed by atoms with Gasteiger partial charge in [0.05, 0.1) is 18.6 Å². The molecule has 0 saturated carbocycles. The molecule has 1 aliphatic heterocycles. The van der Waals surface area contributed by atoms with E-state index >= 15 is 0 Å². The van der Waals surface area contributed by atoms with Gasteiger partial charge in [0.1, 0.15) is 6.10 Å². The first-order valence-electron chi connectivity index (χ1n) is 9.39. The first-order valence-corrected chi connectivity index (χ1v) is 9.39. The Morgan fingerprint density at radius 3 is 2.23 bits per heavy atom. The summed E-state index contributed by atoms with van der Waals surface area (Å²) in [5.74, 6) is -0.277. The zero-order valence-corrected chi connectivity index (χ0v) is 17.9. The first kappa shape index (κ1) is 25.3. The van der Waals surface area contributed by atoms with Gasteiger partial charge in [-0.3, -0.25) is 14.4 Å². The number of carbonyl (C=O) groups is 4. The molecule has 0 radical (unpaired) electrons. The maximum atomic E-state index is 12.5. The SMILES string of the molecule is C#C[C@@]1(C)[C@@H](COC(CC=C)(C(C)=O)C(=O)OCC)OC(OC(C)=O)[C@@H]1OC(C)=O. The lowest BCUT2D eigenvalue weighted by Crippen LogP contribution is -2.51. The molecule has 0 spiro atoms. The van der Waals surface area contributed by atoms with Crippen LogP contribution < -0.4 is 0 Å². The molecule has 30 heavy (non-hydrogen) atoms. The van der Waals surface area contributed by atoms with Gasteiger partial charge in [-0.1, -0.05) is 12.0 Å². The van der Waals surface area contributed by atoms with Crippen LogP contribution in [0.5, 0.6) is 0 Å². The molecule has 0 aromatic rings. The molecule has 5 atom stereocenters. The van der Waals surface area contributed by atoms with Crippen molar-refractivity contribution in [3.63, 3.8) is 0 Å². The molecular formula is C21H28O9. The average molecular weight is 424 g/mol. The Labute approximate surface area is 176 Å². The minimum atomic E-state index is -1.94. The van der Waals surface area contributed by atoms with Gasteiger partial charge in [-0.05, 0) is 20.8 Å². The molecule has 1 heterocycles. The fourth-order valence-electron chi connectivity index (χ4n) is 3.10. The predicted octanol–water partition coefficient (Wildman–Crippen LogP) is 1.33. The first-order chi connectivity index (χ1) is 14.0. The van der Waals surface area contributed by atoms with E-state index in [9.17, 15) is 19.2 Å². The van der Waals surface area contributed by atoms with Crippen LogP contribution in [0, 0.1) is 17.8 Å². The summed E-state index contributed by atoms with van der Waals surface area (Å²) in [5.41, 5.74) is -3.22. The van der Waals surface area contributed by atoms with Crippen molar-refractivity contribution in [2.45, 2.75) is 65.1 Å². The fourth-order valence-corrected chi connectivity index (χ4v) is 3.10. The quantitative estimate of drug-likeness (QED) is 0.168. The zero-order chi connectivity index (χ0) is 23.1. The van der Waals surface area contributed by atoms with Crippen molar-refractivity contribution in [3.8, 4) is 12.3 Å². The number of ketones is 1. The Morgan fingerprint density at radius 2 is 1.80 bits per heavy atom. The summed E-state index contributed by atoms with van der Waals surface area (Å²) in [7, 11) is 0. The molecule has 1 fully saturated rings. The molecule has 0 amide bonds. The summed E-state index contributed by atoms with van der Waals surface area (Å²) in [5, 5.41) is 0. The molecule has 1 aliphatic rings. The van der Waals surface area contributed by atoms with Crippen molar-refractivity contribution < 1.29 is 42.9 Å². The molecule has 2 unspecified atom stereocenters. The van der Waals surface area contributed by atoms with Gasteiger partial charge in [0.25, 0.3) is 0 Å². The van der Waals surface area contributed by atoms with Gasteiger partial charge >= 0.3 is 17.9 Å². The van der Waals surface area contributed by atoms with E-state index in [0.29, 0.717) is 0 Å². The van der Waals surface area contributed by atoms with Crippen LogP contribution in [-0.4, -0.2) is 61.0 Å². The third kappa shape index (κ3) is 5.26. The molecule has 9 nitrogen and oxygen atoms in total. The van der Waals surface area contributed by atoms with E-state index in [2.05, 4.69) is 12.5 Å². The average Bonchev–Trinajstić information content (AvgIpc) is 2.90. The molecular weight excluding hydrogens is 396 g/mol. The van der Waals surface area contributed by atoms with E-state index in [4.69, 9.17) is 30.1 Å². The second-order valence-corrected chi connectivity index (χ2v) is 6.97. The third-order valence-electron chi connectivity index (χ3n) is 4.78. The van der Waals surface area contributed by atoms with Gasteiger partial charge < -0.3 is 23.7 Å². The van der Waals surface area contributed by atoms with Crippen LogP contribution in [0.2, 0.25) is 0 Å². The maximum Gasteiger partial charge on any atom is 0.346 e. The highest BCUT2D eigenvalue weighted by atomic mass is 16.7. The third-order valence-corrected chi connectivity index (χ3v) is 4.78. The fraction of sp³-hybridized carbons (Fsp3) is 0.619. The van der Waals surface area contributed by atoms with Crippen LogP contribution in [0.15, 0.2) is 12.7 Å². The number of rotatable bonds is 10. The standard InChI is InChI=1S/C21H28O9/c1-8-11-21(13(4)22,19(25)26-10-3)27-12-16-20(7,9-2)17(28-14(5)23)18(30-16)29-15(6)24/h2,8,16-18H,1,10-12H2,3-7H3/t16-,17+,18?,20+,21?/m1/s1. The summed E-state index contributed by atoms with van der Waals surface area (Å²) in [6.07, 6.45) is 3.53. The number of hydrogen-bond acceptors (Lipinski definition) is 9. The molecule has 1 rings (SSSR count). The molecule has 166 valence electrons. The Balaban J connectivity index is 3.24. The van der Waals surface area contributed by atoms with Crippen molar-refractivity contribution in [3.05, 3.63) is 12.7 Å². The Hall–Kier alpha value is -2.70. The van der Waals surface area contributed by atoms with E-state index < -0.39 is 53.2 Å². The van der Waals surface area contributed by atoms with Crippen LogP contribution in [0.3, 0.4) is 0 Å². The summed E-state index contributed by atoms with van der Waals surface area (Å²) < 4.78 is 26.8. The molecule has 0 N–H and O–H groups in total. The molecule has 0 bridgehead atoms. The molecule has 0 aliphatic carbocycles. The van der Waals surface area contributed by atoms with Gasteiger partial charge in [0, 0.05) is 20.3 Å². The van der Waals surface area contributed by atoms with Crippen LogP contribution in [0.4, 0.5) is 0 Å². The maximum absolute atomic E-state index is 12.5. The molecule has 0 aromatic heterocycles. The van der Waals surface area contributed by atoms with Gasteiger partial charge in [0.2, 0.25) is 11.9 Å². The lowest BCUT2D eigenvalue weighted by atomic mass is 9.81. The summed E-state index contributed by atoms with van der Waals surface area (Å²) in [6.45, 7) is 9.96. The number of ether oxygens (including phenoxy) is 5. The van der Waals surface area contributed by atoms with Gasteiger partial charge in [0.15, 0.2) is 11.9 Å². The van der Waals surface area contributed by atoms with Crippen LogP contribution in [-0.2, 0) is 42.9 Å². The highest BCUT2D eigenvalue weighted by molar-refractivity contribution is 6.06. The second kappa shape index (κ2) is 10.4. The summed E-state index contributed by atoms with van der Waals surface area (Å²) in [4.78, 5) is 47.9. The number of Topliss-reactive ketones (excluding diaryl/α,β-unsaturated/α-hetero) is 1. The highest BCUT2D eigenvalue weighted by Crippen LogP contribution is 2.42. The van der Waals surface area contributed by atoms with E-state index in [1.807, 2.05) is 0 Å². The van der Waals surface area contributed by atoms with Crippen molar-refractivity contribution >= 4 is 23.7 Å². The van der Waals surface area contributed by atoms with Crippen LogP contribution in [0.25, 0.3) is 0 Å². The van der Waals surface area contributed by atoms with Crippen molar-refractivity contribution in [1.82, 2.24) is 0 Å². The smallest absolute Gasteiger partial charge is 0.346 e. The van der Waals surface area contributed by atoms with Gasteiger partial charge in [-0.25, -0.2) is 4.79 Å². The van der Waals surface area contributed by atoms with E-state index in [-0.39, 0.29) is 19.6 Å². The highest BCUT2D eigenvalue weighted by Gasteiger charge is 2.58. The van der Waals surface area contributed by atoms with E-state index in [1.54, 1.807) is 13.8 Å². The predicted molar refractivity (Wildman–Crippen MR) is 104 cm³/mol. The monoisotopic (exact) mass is 424 g/mol. The Morgan fingerprint density at radius 1 is 1.20 bits per heavy atom. The largest absolute Gasteiger partial charge is 0.463 e. The Kier molecular flexibility index (Phi) is 8.75. The van der Waals surface area contributed by atoms with Gasteiger partial charge in [-0.2, -0.15) is 0 Å². The van der Waals surface area contributed by atoms with Crippen LogP contribution >= 0.6 is 0 Å². The van der Waals surface area contributed by atoms with Gasteiger partial charge in [-0.15, -0.1) is 13.0 Å². The number of carbonyl (C=O) groups excluding carboxylic acids is 4. The van der Waals surface area contributed by atoms with E-state index in [0.717, 1.165) is 6.92 Å². The number of esters is 3. The summed E-state index contributed by atoms with van der Waals surface area (Å²) in [6, 6.07) is 0. The van der Waals surface area contributed by atoms with Crippen LogP contribution in [0.1, 0.15) is 41.0 Å². The molecule has 0 aromatic carbocycles. The molecule has 1 saturated heterocycles.